The van der Waals surface area contributed by atoms with Crippen molar-refractivity contribution in [1.29, 1.82) is 0 Å². The highest BCUT2D eigenvalue weighted by atomic mass is 35.5. The third-order valence-corrected chi connectivity index (χ3v) is 5.91. The number of sulfonamides is 1. The maximum atomic E-state index is 13.1. The van der Waals surface area contributed by atoms with Gasteiger partial charge in [0.05, 0.1) is 29.8 Å². The number of halogens is 1. The van der Waals surface area contributed by atoms with Gasteiger partial charge in [-0.3, -0.25) is 9.10 Å². The third-order valence-electron chi connectivity index (χ3n) is 3.84. The molecule has 0 aliphatic rings. The first-order valence-electron chi connectivity index (χ1n) is 7.85. The number of nitrogens with zero attached hydrogens (tertiary/aromatic N) is 1. The molecular formula is C18H20ClNO5S. The van der Waals surface area contributed by atoms with E-state index in [2.05, 4.69) is 4.74 Å². The molecule has 140 valence electrons. The molecule has 0 N–H and O–H groups in total. The van der Waals surface area contributed by atoms with E-state index in [0.29, 0.717) is 11.4 Å². The fraction of sp³-hybridized carbons (Fsp3) is 0.278. The molecule has 2 rings (SSSR count). The molecule has 0 heterocycles. The van der Waals surface area contributed by atoms with Crippen molar-refractivity contribution in [2.75, 3.05) is 25.1 Å². The summed E-state index contributed by atoms with van der Waals surface area (Å²) in [5.41, 5.74) is 1.41. The molecule has 2 aromatic carbocycles. The second-order valence-electron chi connectivity index (χ2n) is 5.40. The van der Waals surface area contributed by atoms with Crippen LogP contribution in [0.2, 0.25) is 5.02 Å². The van der Waals surface area contributed by atoms with Gasteiger partial charge in [0, 0.05) is 0 Å². The number of carbonyl (C=O) groups excluding carboxylic acids is 1. The predicted molar refractivity (Wildman–Crippen MR) is 100 cm³/mol. The van der Waals surface area contributed by atoms with Crippen molar-refractivity contribution in [1.82, 2.24) is 0 Å². The highest BCUT2D eigenvalue weighted by molar-refractivity contribution is 7.92. The van der Waals surface area contributed by atoms with E-state index in [1.54, 1.807) is 12.1 Å². The van der Waals surface area contributed by atoms with Crippen LogP contribution in [0.4, 0.5) is 5.69 Å². The summed E-state index contributed by atoms with van der Waals surface area (Å²) in [7, 11) is -1.39. The number of hydrogen-bond acceptors (Lipinski definition) is 5. The molecule has 0 saturated carbocycles. The van der Waals surface area contributed by atoms with E-state index in [4.69, 9.17) is 16.3 Å². The average Bonchev–Trinajstić information content (AvgIpc) is 2.65. The van der Waals surface area contributed by atoms with Crippen LogP contribution in [0.3, 0.4) is 0 Å². The first kappa shape index (κ1) is 20.1. The molecule has 6 nitrogen and oxygen atoms in total. The molecule has 0 aromatic heterocycles. The molecule has 0 amide bonds. The number of carbonyl (C=O) groups is 1. The van der Waals surface area contributed by atoms with E-state index in [1.807, 2.05) is 19.1 Å². The van der Waals surface area contributed by atoms with E-state index in [-0.39, 0.29) is 9.92 Å². The second kappa shape index (κ2) is 8.42. The molecule has 0 spiro atoms. The van der Waals surface area contributed by atoms with Gasteiger partial charge < -0.3 is 9.47 Å². The van der Waals surface area contributed by atoms with Gasteiger partial charge in [-0.1, -0.05) is 30.7 Å². The zero-order valence-corrected chi connectivity index (χ0v) is 16.3. The van der Waals surface area contributed by atoms with Crippen LogP contribution in [0, 0.1) is 0 Å². The van der Waals surface area contributed by atoms with Crippen molar-refractivity contribution in [3.8, 4) is 5.75 Å². The fourth-order valence-corrected chi connectivity index (χ4v) is 4.09. The van der Waals surface area contributed by atoms with Crippen LogP contribution in [-0.2, 0) is 26.0 Å². The van der Waals surface area contributed by atoms with Crippen molar-refractivity contribution < 1.29 is 22.7 Å². The molecule has 0 saturated heterocycles. The number of hydrogen-bond donors (Lipinski definition) is 0. The lowest BCUT2D eigenvalue weighted by Crippen LogP contribution is -2.36. The van der Waals surface area contributed by atoms with Crippen molar-refractivity contribution in [3.05, 3.63) is 53.1 Å². The Hall–Kier alpha value is -2.25. The van der Waals surface area contributed by atoms with Gasteiger partial charge in [0.1, 0.15) is 12.3 Å². The summed E-state index contributed by atoms with van der Waals surface area (Å²) >= 11 is 6.06. The Kier molecular flexibility index (Phi) is 6.50. The minimum absolute atomic E-state index is 0.0493. The van der Waals surface area contributed by atoms with Gasteiger partial charge in [0.2, 0.25) is 0 Å². The van der Waals surface area contributed by atoms with E-state index in [9.17, 15) is 13.2 Å². The second-order valence-corrected chi connectivity index (χ2v) is 7.67. The van der Waals surface area contributed by atoms with Crippen LogP contribution >= 0.6 is 11.6 Å². The van der Waals surface area contributed by atoms with Crippen molar-refractivity contribution >= 4 is 33.3 Å². The molecule has 0 bridgehead atoms. The van der Waals surface area contributed by atoms with Gasteiger partial charge in [-0.05, 0) is 42.3 Å². The van der Waals surface area contributed by atoms with Gasteiger partial charge >= 0.3 is 5.97 Å². The molecule has 0 aliphatic heterocycles. The standard InChI is InChI=1S/C18H20ClNO5S/c1-4-13-5-7-14(8-6-13)20(12-18(21)25-3)26(22,23)15-9-10-17(24-2)16(19)11-15/h5-11H,4,12H2,1-3H3. The Bertz CT molecular complexity index is 881. The molecular weight excluding hydrogens is 378 g/mol. The average molecular weight is 398 g/mol. The molecule has 0 radical (unpaired) electrons. The molecule has 2 aromatic rings. The minimum Gasteiger partial charge on any atom is -0.495 e. The van der Waals surface area contributed by atoms with Gasteiger partial charge in [0.15, 0.2) is 0 Å². The minimum atomic E-state index is -4.03. The van der Waals surface area contributed by atoms with Crippen LogP contribution in [0.1, 0.15) is 12.5 Å². The number of esters is 1. The number of anilines is 1. The summed E-state index contributed by atoms with van der Waals surface area (Å²) in [6.45, 7) is 1.55. The first-order valence-corrected chi connectivity index (χ1v) is 9.67. The van der Waals surface area contributed by atoms with Crippen LogP contribution < -0.4 is 9.04 Å². The molecule has 0 atom stereocenters. The maximum absolute atomic E-state index is 13.1. The number of methoxy groups -OCH3 is 2. The van der Waals surface area contributed by atoms with Crippen LogP contribution in [0.5, 0.6) is 5.75 Å². The number of ether oxygens (including phenoxy) is 2. The van der Waals surface area contributed by atoms with Crippen LogP contribution in [0.15, 0.2) is 47.4 Å². The summed E-state index contributed by atoms with van der Waals surface area (Å²) < 4.78 is 36.9. The van der Waals surface area contributed by atoms with Gasteiger partial charge in [-0.25, -0.2) is 8.42 Å². The van der Waals surface area contributed by atoms with Gasteiger partial charge in [-0.2, -0.15) is 0 Å². The Labute approximate surface area is 158 Å². The molecule has 26 heavy (non-hydrogen) atoms. The largest absolute Gasteiger partial charge is 0.495 e. The van der Waals surface area contributed by atoms with E-state index in [0.717, 1.165) is 16.3 Å². The van der Waals surface area contributed by atoms with E-state index >= 15 is 0 Å². The molecule has 8 heteroatoms. The van der Waals surface area contributed by atoms with E-state index < -0.39 is 22.5 Å². The van der Waals surface area contributed by atoms with Crippen molar-refractivity contribution in [2.24, 2.45) is 0 Å². The zero-order chi connectivity index (χ0) is 19.3. The summed E-state index contributed by atoms with van der Waals surface area (Å²) in [4.78, 5) is 11.7. The number of aryl methyl sites for hydroxylation is 1. The highest BCUT2D eigenvalue weighted by Crippen LogP contribution is 2.30. The smallest absolute Gasteiger partial charge is 0.326 e. The summed E-state index contributed by atoms with van der Waals surface area (Å²) in [6, 6.07) is 11.1. The fourth-order valence-electron chi connectivity index (χ4n) is 2.33. The summed E-state index contributed by atoms with van der Waals surface area (Å²) in [5.74, 6) is -0.315. The predicted octanol–water partition coefficient (Wildman–Crippen LogP) is 3.28. The number of rotatable bonds is 7. The Morgan fingerprint density at radius 1 is 1.12 bits per heavy atom. The lowest BCUT2D eigenvalue weighted by molar-refractivity contribution is -0.138. The van der Waals surface area contributed by atoms with E-state index in [1.165, 1.54) is 32.4 Å². The van der Waals surface area contributed by atoms with Crippen molar-refractivity contribution in [3.63, 3.8) is 0 Å². The third kappa shape index (κ3) is 4.28. The Morgan fingerprint density at radius 2 is 1.77 bits per heavy atom. The Balaban J connectivity index is 2.51. The maximum Gasteiger partial charge on any atom is 0.326 e. The lowest BCUT2D eigenvalue weighted by Gasteiger charge is -2.24. The topological polar surface area (TPSA) is 72.9 Å². The van der Waals surface area contributed by atoms with Crippen molar-refractivity contribution in [2.45, 2.75) is 18.2 Å². The van der Waals surface area contributed by atoms with Gasteiger partial charge in [0.25, 0.3) is 10.0 Å². The van der Waals surface area contributed by atoms with Gasteiger partial charge in [-0.15, -0.1) is 0 Å². The quantitative estimate of drug-likeness (QED) is 0.670. The molecule has 0 fully saturated rings. The summed E-state index contributed by atoms with van der Waals surface area (Å²) in [5, 5.41) is 0.160. The van der Waals surface area contributed by atoms with Crippen LogP contribution in [0.25, 0.3) is 0 Å². The monoisotopic (exact) mass is 397 g/mol. The first-order chi connectivity index (χ1) is 12.3. The lowest BCUT2D eigenvalue weighted by atomic mass is 10.1. The normalized spacial score (nSPS) is 11.1. The highest BCUT2D eigenvalue weighted by Gasteiger charge is 2.28. The number of benzene rings is 2. The summed E-state index contributed by atoms with van der Waals surface area (Å²) in [6.07, 6.45) is 0.818. The Morgan fingerprint density at radius 3 is 2.27 bits per heavy atom. The molecule has 0 unspecified atom stereocenters. The molecule has 0 aliphatic carbocycles. The van der Waals surface area contributed by atoms with Crippen LogP contribution in [-0.4, -0.2) is 35.2 Å². The SMILES string of the molecule is CCc1ccc(N(CC(=O)OC)S(=O)(=O)c2ccc(OC)c(Cl)c2)cc1. The zero-order valence-electron chi connectivity index (χ0n) is 14.7.